The fourth-order valence-corrected chi connectivity index (χ4v) is 3.76. The van der Waals surface area contributed by atoms with Gasteiger partial charge in [0.2, 0.25) is 11.9 Å². The number of anilines is 2. The van der Waals surface area contributed by atoms with Gasteiger partial charge in [0.1, 0.15) is 11.6 Å². The van der Waals surface area contributed by atoms with Crippen molar-refractivity contribution < 1.29 is 13.9 Å². The van der Waals surface area contributed by atoms with Crippen LogP contribution in [0.4, 0.5) is 16.0 Å². The van der Waals surface area contributed by atoms with Crippen LogP contribution in [0.3, 0.4) is 0 Å². The number of carbonyl (C=O) groups is 1. The van der Waals surface area contributed by atoms with Crippen molar-refractivity contribution in [2.75, 3.05) is 29.9 Å². The van der Waals surface area contributed by atoms with E-state index in [-0.39, 0.29) is 17.6 Å². The minimum Gasteiger partial charge on any atom is -0.492 e. The normalized spacial score (nSPS) is 16.1. The van der Waals surface area contributed by atoms with Crippen LogP contribution >= 0.6 is 0 Å². The van der Waals surface area contributed by atoms with Crippen LogP contribution in [0.2, 0.25) is 0 Å². The fraction of sp³-hybridized carbons (Fsp3) is 0.292. The third-order valence-electron chi connectivity index (χ3n) is 5.32. The molecule has 3 aromatic rings. The van der Waals surface area contributed by atoms with Crippen LogP contribution < -0.4 is 15.0 Å². The minimum absolute atomic E-state index is 0.0340. The Morgan fingerprint density at radius 1 is 1.16 bits per heavy atom. The van der Waals surface area contributed by atoms with Crippen molar-refractivity contribution in [3.8, 4) is 16.9 Å². The lowest BCUT2D eigenvalue weighted by Crippen LogP contribution is -2.41. The van der Waals surface area contributed by atoms with Gasteiger partial charge in [0.05, 0.1) is 18.2 Å². The molecule has 1 saturated heterocycles. The lowest BCUT2D eigenvalue weighted by molar-refractivity contribution is -0.120. The van der Waals surface area contributed by atoms with E-state index < -0.39 is 0 Å². The van der Waals surface area contributed by atoms with E-state index in [1.807, 2.05) is 42.2 Å². The van der Waals surface area contributed by atoms with E-state index in [1.54, 1.807) is 18.5 Å². The maximum Gasteiger partial charge on any atom is 0.229 e. The topological polar surface area (TPSA) is 67.3 Å². The molecular formula is C24H25FN4O2. The molecule has 0 saturated carbocycles. The van der Waals surface area contributed by atoms with E-state index in [1.165, 1.54) is 12.1 Å². The van der Waals surface area contributed by atoms with Crippen molar-refractivity contribution in [1.82, 2.24) is 9.97 Å². The number of piperidine rings is 1. The summed E-state index contributed by atoms with van der Waals surface area (Å²) in [6.07, 6.45) is 5.07. The Hall–Kier alpha value is -3.48. The molecule has 1 amide bonds. The molecule has 1 aliphatic rings. The number of carbonyl (C=O) groups excluding carboxylic acids is 1. The molecular weight excluding hydrogens is 395 g/mol. The summed E-state index contributed by atoms with van der Waals surface area (Å²) in [4.78, 5) is 23.9. The quantitative estimate of drug-likeness (QED) is 0.634. The van der Waals surface area contributed by atoms with Gasteiger partial charge in [-0.15, -0.1) is 0 Å². The summed E-state index contributed by atoms with van der Waals surface area (Å²) in [7, 11) is 0. The number of amides is 1. The van der Waals surface area contributed by atoms with Gasteiger partial charge in [-0.25, -0.2) is 14.4 Å². The highest BCUT2D eigenvalue weighted by Crippen LogP contribution is 2.27. The molecule has 31 heavy (non-hydrogen) atoms. The highest BCUT2D eigenvalue weighted by Gasteiger charge is 2.27. The van der Waals surface area contributed by atoms with Gasteiger partial charge < -0.3 is 15.0 Å². The van der Waals surface area contributed by atoms with Crippen molar-refractivity contribution in [2.45, 2.75) is 19.8 Å². The molecule has 2 heterocycles. The van der Waals surface area contributed by atoms with Crippen molar-refractivity contribution in [2.24, 2.45) is 5.92 Å². The number of nitrogens with one attached hydrogen (secondary N) is 1. The van der Waals surface area contributed by atoms with Gasteiger partial charge in [-0.1, -0.05) is 24.3 Å². The van der Waals surface area contributed by atoms with Crippen molar-refractivity contribution >= 4 is 17.5 Å². The number of rotatable bonds is 6. The SMILES string of the molecule is CCOc1ccccc1NC(=O)C1CCCN(c2ncc(-c3cccc(F)c3)cn2)C1. The predicted molar refractivity (Wildman–Crippen MR) is 119 cm³/mol. The zero-order chi connectivity index (χ0) is 21.6. The van der Waals surface area contributed by atoms with Crippen LogP contribution in [-0.4, -0.2) is 35.6 Å². The van der Waals surface area contributed by atoms with E-state index in [4.69, 9.17) is 4.74 Å². The molecule has 7 heteroatoms. The van der Waals surface area contributed by atoms with Crippen LogP contribution in [0.25, 0.3) is 11.1 Å². The number of aromatic nitrogens is 2. The second-order valence-corrected chi connectivity index (χ2v) is 7.49. The third kappa shape index (κ3) is 4.99. The van der Waals surface area contributed by atoms with Gasteiger partial charge in [-0.2, -0.15) is 0 Å². The highest BCUT2D eigenvalue weighted by molar-refractivity contribution is 5.94. The number of halogens is 1. The Kier molecular flexibility index (Phi) is 6.40. The molecule has 4 rings (SSSR count). The highest BCUT2D eigenvalue weighted by atomic mass is 19.1. The summed E-state index contributed by atoms with van der Waals surface area (Å²) in [5, 5.41) is 3.01. The molecule has 1 fully saturated rings. The number of hydrogen-bond acceptors (Lipinski definition) is 5. The Labute approximate surface area is 181 Å². The standard InChI is InChI=1S/C24H25FN4O2/c1-2-31-22-11-4-3-10-21(22)28-23(30)18-8-6-12-29(16-18)24-26-14-19(15-27-24)17-7-5-9-20(25)13-17/h3-5,7,9-11,13-15,18H,2,6,8,12,16H2,1H3,(H,28,30). The zero-order valence-corrected chi connectivity index (χ0v) is 17.4. The molecule has 0 spiro atoms. The largest absolute Gasteiger partial charge is 0.492 e. The second-order valence-electron chi connectivity index (χ2n) is 7.49. The molecule has 0 aliphatic carbocycles. The van der Waals surface area contributed by atoms with Gasteiger partial charge in [-0.05, 0) is 49.6 Å². The van der Waals surface area contributed by atoms with E-state index >= 15 is 0 Å². The average molecular weight is 420 g/mol. The zero-order valence-electron chi connectivity index (χ0n) is 17.4. The van der Waals surface area contributed by atoms with E-state index in [0.717, 1.165) is 30.5 Å². The molecule has 1 unspecified atom stereocenters. The van der Waals surface area contributed by atoms with Crippen LogP contribution in [-0.2, 0) is 4.79 Å². The Morgan fingerprint density at radius 2 is 1.97 bits per heavy atom. The van der Waals surface area contributed by atoms with Gasteiger partial charge in [0.15, 0.2) is 0 Å². The van der Waals surface area contributed by atoms with Gasteiger partial charge in [0.25, 0.3) is 0 Å². The second kappa shape index (κ2) is 9.55. The number of hydrogen-bond donors (Lipinski definition) is 1. The number of ether oxygens (including phenoxy) is 1. The predicted octanol–water partition coefficient (Wildman–Crippen LogP) is 4.54. The molecule has 1 atom stereocenters. The maximum atomic E-state index is 13.5. The third-order valence-corrected chi connectivity index (χ3v) is 5.32. The summed E-state index contributed by atoms with van der Waals surface area (Å²) >= 11 is 0. The first kappa shape index (κ1) is 20.8. The summed E-state index contributed by atoms with van der Waals surface area (Å²) in [6, 6.07) is 13.8. The molecule has 2 aromatic carbocycles. The molecule has 6 nitrogen and oxygen atoms in total. The first-order valence-electron chi connectivity index (χ1n) is 10.5. The lowest BCUT2D eigenvalue weighted by atomic mass is 9.97. The summed E-state index contributed by atoms with van der Waals surface area (Å²) in [5.74, 6) is 0.746. The van der Waals surface area contributed by atoms with Gasteiger partial charge in [0, 0.05) is 31.0 Å². The minimum atomic E-state index is -0.294. The molecule has 160 valence electrons. The maximum absolute atomic E-state index is 13.5. The van der Waals surface area contributed by atoms with Crippen molar-refractivity contribution in [3.63, 3.8) is 0 Å². The molecule has 1 N–H and O–H groups in total. The van der Waals surface area contributed by atoms with E-state index in [9.17, 15) is 9.18 Å². The van der Waals surface area contributed by atoms with Crippen molar-refractivity contribution in [3.05, 3.63) is 66.7 Å². The first-order chi connectivity index (χ1) is 15.1. The van der Waals surface area contributed by atoms with Crippen LogP contribution in [0.5, 0.6) is 5.75 Å². The lowest BCUT2D eigenvalue weighted by Gasteiger charge is -2.32. The van der Waals surface area contributed by atoms with Crippen LogP contribution in [0, 0.1) is 11.7 Å². The monoisotopic (exact) mass is 420 g/mol. The first-order valence-corrected chi connectivity index (χ1v) is 10.5. The molecule has 0 radical (unpaired) electrons. The number of para-hydroxylation sites is 2. The van der Waals surface area contributed by atoms with Gasteiger partial charge >= 0.3 is 0 Å². The Morgan fingerprint density at radius 3 is 2.74 bits per heavy atom. The van der Waals surface area contributed by atoms with Crippen LogP contribution in [0.1, 0.15) is 19.8 Å². The van der Waals surface area contributed by atoms with E-state index in [0.29, 0.717) is 30.5 Å². The van der Waals surface area contributed by atoms with Gasteiger partial charge in [-0.3, -0.25) is 4.79 Å². The fourth-order valence-electron chi connectivity index (χ4n) is 3.76. The van der Waals surface area contributed by atoms with E-state index in [2.05, 4.69) is 15.3 Å². The molecule has 1 aromatic heterocycles. The van der Waals surface area contributed by atoms with Crippen molar-refractivity contribution in [1.29, 1.82) is 0 Å². The molecule has 1 aliphatic heterocycles. The average Bonchev–Trinajstić information content (AvgIpc) is 2.81. The molecule has 0 bridgehead atoms. The smallest absolute Gasteiger partial charge is 0.229 e. The Bertz CT molecular complexity index is 1040. The summed E-state index contributed by atoms with van der Waals surface area (Å²) in [5.41, 5.74) is 2.17. The number of nitrogens with zero attached hydrogens (tertiary/aromatic N) is 3. The summed E-state index contributed by atoms with van der Waals surface area (Å²) < 4.78 is 19.1. The Balaban J connectivity index is 1.43. The van der Waals surface area contributed by atoms with Crippen LogP contribution in [0.15, 0.2) is 60.9 Å². The summed E-state index contributed by atoms with van der Waals surface area (Å²) in [6.45, 7) is 3.78. The number of benzene rings is 2.